The van der Waals surface area contributed by atoms with Gasteiger partial charge in [-0.25, -0.2) is 0 Å². The number of aldehydes is 1. The van der Waals surface area contributed by atoms with Crippen molar-refractivity contribution in [2.75, 3.05) is 11.9 Å². The summed E-state index contributed by atoms with van der Waals surface area (Å²) in [4.78, 5) is 23.9. The van der Waals surface area contributed by atoms with Gasteiger partial charge < -0.3 is 9.69 Å². The van der Waals surface area contributed by atoms with E-state index >= 15 is 0 Å². The average Bonchev–Trinajstić information content (AvgIpc) is 2.43. The number of hydrogen-bond donors (Lipinski definition) is 0. The molecule has 0 aromatic heterocycles. The second-order valence-corrected chi connectivity index (χ2v) is 4.04. The van der Waals surface area contributed by atoms with Crippen LogP contribution in [0.2, 0.25) is 0 Å². The van der Waals surface area contributed by atoms with E-state index in [-0.39, 0.29) is 5.91 Å². The molecule has 0 radical (unpaired) electrons. The Kier molecular flexibility index (Phi) is 2.15. The van der Waals surface area contributed by atoms with Gasteiger partial charge in [0.25, 0.3) is 0 Å². The van der Waals surface area contributed by atoms with Crippen LogP contribution in [-0.2, 0) is 9.59 Å². The minimum absolute atomic E-state index is 0.165. The molecule has 14 heavy (non-hydrogen) atoms. The van der Waals surface area contributed by atoms with Crippen LogP contribution in [0.1, 0.15) is 11.5 Å². The molecule has 0 spiro atoms. The number of fused-ring (bicyclic) bond motifs is 1. The standard InChI is InChI=1S/C10H8BrNO2/c1-12-8-4-2-3-7(11)9(8)6(5-13)10(12)14/h2-6H,1H3. The molecule has 2 rings (SSSR count). The second kappa shape index (κ2) is 3.20. The number of halogens is 1. The molecule has 72 valence electrons. The van der Waals surface area contributed by atoms with Crippen molar-refractivity contribution in [2.45, 2.75) is 5.92 Å². The molecule has 0 N–H and O–H groups in total. The summed E-state index contributed by atoms with van der Waals surface area (Å²) >= 11 is 3.35. The van der Waals surface area contributed by atoms with E-state index in [1.54, 1.807) is 7.05 Å². The van der Waals surface area contributed by atoms with Gasteiger partial charge in [0.2, 0.25) is 5.91 Å². The smallest absolute Gasteiger partial charge is 0.241 e. The van der Waals surface area contributed by atoms with Gasteiger partial charge in [0.15, 0.2) is 0 Å². The van der Waals surface area contributed by atoms with Crippen LogP contribution in [0, 0.1) is 0 Å². The molecule has 0 bridgehead atoms. The third-order valence-electron chi connectivity index (χ3n) is 2.43. The van der Waals surface area contributed by atoms with Crippen molar-refractivity contribution in [2.24, 2.45) is 0 Å². The number of likely N-dealkylation sites (N-methyl/N-ethyl adjacent to an activating group) is 1. The third kappa shape index (κ3) is 1.10. The van der Waals surface area contributed by atoms with Crippen molar-refractivity contribution in [3.05, 3.63) is 28.2 Å². The van der Waals surface area contributed by atoms with E-state index in [4.69, 9.17) is 0 Å². The highest BCUT2D eigenvalue weighted by atomic mass is 79.9. The van der Waals surface area contributed by atoms with E-state index in [0.29, 0.717) is 6.29 Å². The fourth-order valence-corrected chi connectivity index (χ4v) is 2.31. The molecule has 1 aliphatic heterocycles. The van der Waals surface area contributed by atoms with Crippen LogP contribution in [0.5, 0.6) is 0 Å². The molecule has 1 unspecified atom stereocenters. The van der Waals surface area contributed by atoms with E-state index in [9.17, 15) is 9.59 Å². The van der Waals surface area contributed by atoms with E-state index in [1.165, 1.54) is 4.90 Å². The van der Waals surface area contributed by atoms with Gasteiger partial charge in [-0.3, -0.25) is 4.79 Å². The van der Waals surface area contributed by atoms with Crippen molar-refractivity contribution < 1.29 is 9.59 Å². The van der Waals surface area contributed by atoms with Gasteiger partial charge in [-0.1, -0.05) is 22.0 Å². The van der Waals surface area contributed by atoms with E-state index in [0.717, 1.165) is 15.7 Å². The first-order valence-electron chi connectivity index (χ1n) is 4.18. The topological polar surface area (TPSA) is 37.4 Å². The monoisotopic (exact) mass is 253 g/mol. The molecule has 1 heterocycles. The highest BCUT2D eigenvalue weighted by Gasteiger charge is 2.36. The molecule has 0 fully saturated rings. The lowest BCUT2D eigenvalue weighted by atomic mass is 10.0. The Bertz CT molecular complexity index is 417. The maximum atomic E-state index is 11.6. The van der Waals surface area contributed by atoms with Crippen molar-refractivity contribution in [3.63, 3.8) is 0 Å². The lowest BCUT2D eigenvalue weighted by molar-refractivity contribution is -0.122. The summed E-state index contributed by atoms with van der Waals surface area (Å²) in [5.41, 5.74) is 1.58. The van der Waals surface area contributed by atoms with Gasteiger partial charge in [-0.05, 0) is 12.1 Å². The molecule has 1 amide bonds. The van der Waals surface area contributed by atoms with Crippen LogP contribution in [-0.4, -0.2) is 19.2 Å². The normalized spacial score (nSPS) is 19.7. The molecule has 4 heteroatoms. The van der Waals surface area contributed by atoms with Crippen molar-refractivity contribution in [3.8, 4) is 0 Å². The maximum absolute atomic E-state index is 11.6. The number of benzene rings is 1. The molecule has 1 aromatic carbocycles. The number of hydrogen-bond acceptors (Lipinski definition) is 2. The highest BCUT2D eigenvalue weighted by molar-refractivity contribution is 9.10. The molecule has 3 nitrogen and oxygen atoms in total. The summed E-state index contributed by atoms with van der Waals surface area (Å²) in [6.45, 7) is 0. The number of carbonyl (C=O) groups is 2. The fourth-order valence-electron chi connectivity index (χ4n) is 1.70. The molecular formula is C10H8BrNO2. The summed E-state index contributed by atoms with van der Waals surface area (Å²) in [6, 6.07) is 5.52. The third-order valence-corrected chi connectivity index (χ3v) is 3.13. The zero-order chi connectivity index (χ0) is 10.3. The lowest BCUT2D eigenvalue weighted by Gasteiger charge is -2.09. The molecule has 0 aliphatic carbocycles. The summed E-state index contributed by atoms with van der Waals surface area (Å²) < 4.78 is 0.810. The summed E-state index contributed by atoms with van der Waals surface area (Å²) in [5.74, 6) is -0.813. The van der Waals surface area contributed by atoms with Crippen LogP contribution in [0.4, 0.5) is 5.69 Å². The Labute approximate surface area is 89.8 Å². The van der Waals surface area contributed by atoms with Crippen LogP contribution in [0.3, 0.4) is 0 Å². The van der Waals surface area contributed by atoms with Gasteiger partial charge >= 0.3 is 0 Å². The van der Waals surface area contributed by atoms with E-state index in [2.05, 4.69) is 15.9 Å². The first kappa shape index (κ1) is 9.40. The Morgan fingerprint density at radius 2 is 2.21 bits per heavy atom. The predicted octanol–water partition coefficient (Wildman–Crippen LogP) is 1.71. The first-order valence-corrected chi connectivity index (χ1v) is 4.97. The number of rotatable bonds is 1. The van der Waals surface area contributed by atoms with Crippen LogP contribution < -0.4 is 4.90 Å². The average molecular weight is 254 g/mol. The molecule has 1 atom stereocenters. The van der Waals surface area contributed by atoms with Crippen molar-refractivity contribution in [1.82, 2.24) is 0 Å². The first-order chi connectivity index (χ1) is 6.66. The number of anilines is 1. The Morgan fingerprint density at radius 1 is 1.50 bits per heavy atom. The van der Waals surface area contributed by atoms with Crippen molar-refractivity contribution >= 4 is 33.8 Å². The van der Waals surface area contributed by atoms with Gasteiger partial charge in [-0.15, -0.1) is 0 Å². The largest absolute Gasteiger partial charge is 0.314 e. The molecule has 1 aliphatic rings. The van der Waals surface area contributed by atoms with Gasteiger partial charge in [0.05, 0.1) is 0 Å². The second-order valence-electron chi connectivity index (χ2n) is 3.18. The summed E-state index contributed by atoms with van der Waals surface area (Å²) in [6.07, 6.45) is 0.690. The molecular weight excluding hydrogens is 246 g/mol. The fraction of sp³-hybridized carbons (Fsp3) is 0.200. The van der Waals surface area contributed by atoms with Gasteiger partial charge in [0.1, 0.15) is 12.2 Å². The Morgan fingerprint density at radius 3 is 2.86 bits per heavy atom. The minimum atomic E-state index is -0.648. The number of carbonyl (C=O) groups excluding carboxylic acids is 2. The van der Waals surface area contributed by atoms with Crippen LogP contribution in [0.15, 0.2) is 22.7 Å². The maximum Gasteiger partial charge on any atom is 0.241 e. The van der Waals surface area contributed by atoms with E-state index < -0.39 is 5.92 Å². The summed E-state index contributed by atoms with van der Waals surface area (Å²) in [5, 5.41) is 0. The van der Waals surface area contributed by atoms with Crippen LogP contribution in [0.25, 0.3) is 0 Å². The zero-order valence-electron chi connectivity index (χ0n) is 7.53. The number of amides is 1. The van der Waals surface area contributed by atoms with Crippen molar-refractivity contribution in [1.29, 1.82) is 0 Å². The molecule has 1 aromatic rings. The van der Waals surface area contributed by atoms with Gasteiger partial charge in [-0.2, -0.15) is 0 Å². The predicted molar refractivity (Wildman–Crippen MR) is 56.4 cm³/mol. The molecule has 0 saturated carbocycles. The number of nitrogens with zero attached hydrogens (tertiary/aromatic N) is 1. The van der Waals surface area contributed by atoms with Crippen LogP contribution >= 0.6 is 15.9 Å². The SMILES string of the molecule is CN1C(=O)C(C=O)c2c(Br)cccc21. The minimum Gasteiger partial charge on any atom is -0.314 e. The zero-order valence-corrected chi connectivity index (χ0v) is 9.11. The van der Waals surface area contributed by atoms with Gasteiger partial charge in [0, 0.05) is 22.8 Å². The lowest BCUT2D eigenvalue weighted by Crippen LogP contribution is -2.24. The Balaban J connectivity index is 2.67. The quantitative estimate of drug-likeness (QED) is 0.565. The highest BCUT2D eigenvalue weighted by Crippen LogP contribution is 2.39. The summed E-state index contributed by atoms with van der Waals surface area (Å²) in [7, 11) is 1.68. The van der Waals surface area contributed by atoms with E-state index in [1.807, 2.05) is 18.2 Å². The Hall–Kier alpha value is -1.16. The molecule has 0 saturated heterocycles.